The fourth-order valence-corrected chi connectivity index (χ4v) is 2.59. The van der Waals surface area contributed by atoms with Gasteiger partial charge in [-0.15, -0.1) is 0 Å². The van der Waals surface area contributed by atoms with Crippen molar-refractivity contribution < 1.29 is 4.52 Å². The summed E-state index contributed by atoms with van der Waals surface area (Å²) in [5, 5.41) is 8.69. The smallest absolute Gasteiger partial charge is 0.272 e. The molecule has 2 N–H and O–H groups in total. The minimum absolute atomic E-state index is 0.113. The largest absolute Gasteiger partial charge is 0.397 e. The Hall–Kier alpha value is -2.67. The van der Waals surface area contributed by atoms with Crippen molar-refractivity contribution in [2.75, 3.05) is 5.73 Å². The highest BCUT2D eigenvalue weighted by molar-refractivity contribution is 6.30. The van der Waals surface area contributed by atoms with E-state index in [0.717, 1.165) is 5.56 Å². The van der Waals surface area contributed by atoms with Gasteiger partial charge in [-0.1, -0.05) is 35.8 Å². The maximum Gasteiger partial charge on any atom is 0.272 e. The van der Waals surface area contributed by atoms with Crippen molar-refractivity contribution in [3.05, 3.63) is 68.7 Å². The third-order valence-corrected chi connectivity index (χ3v) is 4.30. The lowest BCUT2D eigenvalue weighted by Gasteiger charge is -2.08. The molecule has 130 valence electrons. The van der Waals surface area contributed by atoms with Crippen LogP contribution in [0.25, 0.3) is 0 Å². The van der Waals surface area contributed by atoms with Crippen molar-refractivity contribution in [3.63, 3.8) is 0 Å². The van der Waals surface area contributed by atoms with E-state index in [1.165, 1.54) is 10.9 Å². The summed E-state index contributed by atoms with van der Waals surface area (Å²) in [6, 6.07) is 7.68. The van der Waals surface area contributed by atoms with Crippen LogP contribution in [0.1, 0.15) is 35.7 Å². The molecule has 0 fully saturated rings. The first kappa shape index (κ1) is 17.2. The zero-order valence-corrected chi connectivity index (χ0v) is 14.7. The predicted octanol–water partition coefficient (Wildman–Crippen LogP) is 2.56. The van der Waals surface area contributed by atoms with Crippen LogP contribution in [0.3, 0.4) is 0 Å². The molecule has 0 unspecified atom stereocenters. The minimum Gasteiger partial charge on any atom is -0.397 e. The molecule has 1 aromatic carbocycles. The second-order valence-corrected chi connectivity index (χ2v) is 6.39. The Morgan fingerprint density at radius 1 is 1.32 bits per heavy atom. The van der Waals surface area contributed by atoms with Crippen LogP contribution >= 0.6 is 11.6 Å². The van der Waals surface area contributed by atoms with Crippen LogP contribution < -0.4 is 11.3 Å². The molecule has 2 heterocycles. The molecule has 7 nitrogen and oxygen atoms in total. The second kappa shape index (κ2) is 7.06. The Bertz CT molecular complexity index is 933. The number of hydrogen-bond acceptors (Lipinski definition) is 6. The quantitative estimate of drug-likeness (QED) is 0.751. The molecule has 3 aromatic rings. The van der Waals surface area contributed by atoms with Gasteiger partial charge in [0.1, 0.15) is 6.54 Å². The van der Waals surface area contributed by atoms with Crippen LogP contribution in [0.5, 0.6) is 0 Å². The molecule has 0 aliphatic rings. The Kier molecular flexibility index (Phi) is 4.85. The fraction of sp³-hybridized carbons (Fsp3) is 0.294. The Morgan fingerprint density at radius 2 is 2.04 bits per heavy atom. The molecule has 0 spiro atoms. The minimum atomic E-state index is -0.269. The summed E-state index contributed by atoms with van der Waals surface area (Å²) in [6.45, 7) is 3.85. The first-order valence-electron chi connectivity index (χ1n) is 7.83. The Balaban J connectivity index is 1.71. The van der Waals surface area contributed by atoms with E-state index >= 15 is 0 Å². The summed E-state index contributed by atoms with van der Waals surface area (Å²) < 4.78 is 6.49. The van der Waals surface area contributed by atoms with Gasteiger partial charge in [-0.3, -0.25) is 4.79 Å². The normalized spacial score (nSPS) is 12.3. The van der Waals surface area contributed by atoms with Crippen LogP contribution in [0.2, 0.25) is 5.02 Å². The van der Waals surface area contributed by atoms with E-state index in [-0.39, 0.29) is 18.0 Å². The molecule has 8 heteroatoms. The Morgan fingerprint density at radius 3 is 2.76 bits per heavy atom. The molecule has 25 heavy (non-hydrogen) atoms. The molecule has 0 radical (unpaired) electrons. The zero-order valence-electron chi connectivity index (χ0n) is 13.9. The molecule has 0 bridgehead atoms. The predicted molar refractivity (Wildman–Crippen MR) is 94.6 cm³/mol. The summed E-state index contributed by atoms with van der Waals surface area (Å²) in [5.41, 5.74) is 7.36. The van der Waals surface area contributed by atoms with Crippen molar-refractivity contribution in [3.8, 4) is 0 Å². The van der Waals surface area contributed by atoms with Gasteiger partial charge in [-0.25, -0.2) is 4.68 Å². The Labute approximate surface area is 149 Å². The average Bonchev–Trinajstić information content (AvgIpc) is 3.03. The number of aromatic nitrogens is 4. The summed E-state index contributed by atoms with van der Waals surface area (Å²) in [5.74, 6) is 1.12. The van der Waals surface area contributed by atoms with Gasteiger partial charge in [0.15, 0.2) is 5.82 Å². The lowest BCUT2D eigenvalue weighted by Crippen LogP contribution is -2.26. The highest BCUT2D eigenvalue weighted by atomic mass is 35.5. The van der Waals surface area contributed by atoms with Gasteiger partial charge in [0, 0.05) is 17.0 Å². The van der Waals surface area contributed by atoms with E-state index in [4.69, 9.17) is 21.9 Å². The van der Waals surface area contributed by atoms with E-state index in [1.54, 1.807) is 6.92 Å². The summed E-state index contributed by atoms with van der Waals surface area (Å²) in [4.78, 5) is 16.5. The first-order chi connectivity index (χ1) is 11.9. The van der Waals surface area contributed by atoms with Gasteiger partial charge in [0.25, 0.3) is 5.56 Å². The van der Waals surface area contributed by atoms with Crippen LogP contribution in [-0.2, 0) is 13.0 Å². The van der Waals surface area contributed by atoms with Crippen LogP contribution in [-0.4, -0.2) is 19.9 Å². The van der Waals surface area contributed by atoms with E-state index in [9.17, 15) is 4.79 Å². The molecule has 0 aliphatic heterocycles. The molecule has 1 atom stereocenters. The van der Waals surface area contributed by atoms with Crippen molar-refractivity contribution in [1.29, 1.82) is 0 Å². The molecule has 0 saturated carbocycles. The first-order valence-corrected chi connectivity index (χ1v) is 8.21. The summed E-state index contributed by atoms with van der Waals surface area (Å²) in [7, 11) is 0. The number of anilines is 1. The third kappa shape index (κ3) is 3.88. The lowest BCUT2D eigenvalue weighted by molar-refractivity contribution is 0.357. The second-order valence-electron chi connectivity index (χ2n) is 5.95. The highest BCUT2D eigenvalue weighted by Crippen LogP contribution is 2.21. The molecule has 0 amide bonds. The maximum atomic E-state index is 12.1. The zero-order chi connectivity index (χ0) is 18.0. The lowest BCUT2D eigenvalue weighted by atomic mass is 9.98. The topological polar surface area (TPSA) is 99.8 Å². The van der Waals surface area contributed by atoms with Crippen LogP contribution in [0.4, 0.5) is 5.69 Å². The van der Waals surface area contributed by atoms with Crippen molar-refractivity contribution in [2.45, 2.75) is 32.7 Å². The molecule has 0 aliphatic carbocycles. The average molecular weight is 360 g/mol. The number of benzene rings is 1. The number of rotatable bonds is 5. The van der Waals surface area contributed by atoms with Gasteiger partial charge in [-0.05, 0) is 30.5 Å². The third-order valence-electron chi connectivity index (χ3n) is 4.05. The SMILES string of the molecule is Cc1c(N)cnn(Cc2nc(C[C@H](C)c3ccc(Cl)cc3)no2)c1=O. The molecular formula is C17H18ClN5O2. The van der Waals surface area contributed by atoms with E-state index in [0.29, 0.717) is 34.4 Å². The summed E-state index contributed by atoms with van der Waals surface area (Å²) >= 11 is 5.91. The molecular weight excluding hydrogens is 342 g/mol. The van der Waals surface area contributed by atoms with Crippen LogP contribution in [0.15, 0.2) is 39.8 Å². The number of nitrogens with zero attached hydrogens (tertiary/aromatic N) is 4. The van der Waals surface area contributed by atoms with Crippen molar-refractivity contribution >= 4 is 17.3 Å². The van der Waals surface area contributed by atoms with E-state index in [2.05, 4.69) is 22.2 Å². The number of hydrogen-bond donors (Lipinski definition) is 1. The fourth-order valence-electron chi connectivity index (χ4n) is 2.46. The standard InChI is InChI=1S/C17H18ClN5O2/c1-10(12-3-5-13(18)6-4-12)7-15-21-16(25-22-15)9-23-17(24)11(2)14(19)8-20-23/h3-6,8,10H,7,9,19H2,1-2H3/t10-/m0/s1. The summed E-state index contributed by atoms with van der Waals surface area (Å²) in [6.07, 6.45) is 2.06. The van der Waals surface area contributed by atoms with Crippen LogP contribution in [0, 0.1) is 6.92 Å². The maximum absolute atomic E-state index is 12.1. The number of nitrogens with two attached hydrogens (primary N) is 1. The van der Waals surface area contributed by atoms with Crippen molar-refractivity contribution in [2.24, 2.45) is 0 Å². The van der Waals surface area contributed by atoms with E-state index < -0.39 is 0 Å². The molecule has 3 rings (SSSR count). The monoisotopic (exact) mass is 359 g/mol. The van der Waals surface area contributed by atoms with Gasteiger partial charge >= 0.3 is 0 Å². The molecule has 2 aromatic heterocycles. The number of nitrogen functional groups attached to an aromatic ring is 1. The van der Waals surface area contributed by atoms with E-state index in [1.807, 2.05) is 24.3 Å². The van der Waals surface area contributed by atoms with Gasteiger partial charge in [-0.2, -0.15) is 10.1 Å². The van der Waals surface area contributed by atoms with Gasteiger partial charge in [0.2, 0.25) is 5.89 Å². The number of halogens is 1. The van der Waals surface area contributed by atoms with Crippen molar-refractivity contribution in [1.82, 2.24) is 19.9 Å². The van der Waals surface area contributed by atoms with Gasteiger partial charge < -0.3 is 10.3 Å². The molecule has 0 saturated heterocycles. The van der Waals surface area contributed by atoms with Gasteiger partial charge in [0.05, 0.1) is 11.9 Å². The highest BCUT2D eigenvalue weighted by Gasteiger charge is 2.14.